The number of alkyl halides is 1. The van der Waals surface area contributed by atoms with Crippen LogP contribution in [0.4, 0.5) is 5.69 Å². The molecule has 0 aliphatic carbocycles. The van der Waals surface area contributed by atoms with E-state index in [1.54, 1.807) is 0 Å². The molecule has 0 aliphatic rings. The molecule has 0 saturated heterocycles. The first-order chi connectivity index (χ1) is 4.84. The predicted molar refractivity (Wildman–Crippen MR) is 51.6 cm³/mol. The Labute approximate surface area is 77.1 Å². The summed E-state index contributed by atoms with van der Waals surface area (Å²) in [6.45, 7) is 0. The zero-order valence-corrected chi connectivity index (χ0v) is 8.44. The van der Waals surface area contributed by atoms with Gasteiger partial charge in [-0.15, -0.1) is 0 Å². The first-order valence-corrected chi connectivity index (χ1v) is 4.80. The minimum absolute atomic E-state index is 0.773. The zero-order valence-electron chi connectivity index (χ0n) is 5.27. The van der Waals surface area contributed by atoms with Crippen molar-refractivity contribution >= 4 is 37.5 Å². The van der Waals surface area contributed by atoms with E-state index in [-0.39, 0.29) is 0 Å². The Morgan fingerprint density at radius 3 is 2.60 bits per heavy atom. The molecule has 0 spiro atoms. The summed E-state index contributed by atoms with van der Waals surface area (Å²) in [5.41, 5.74) is 1.88. The highest BCUT2D eigenvalue weighted by Gasteiger charge is 1.93. The standard InChI is InChI=1S/C7H7Br2N/c8-5-10-7-4-2-1-3-6(7)9/h1-4,10H,5H2. The minimum Gasteiger partial charge on any atom is -0.374 e. The summed E-state index contributed by atoms with van der Waals surface area (Å²) in [6, 6.07) is 8.01. The Bertz CT molecular complexity index is 213. The maximum absolute atomic E-state index is 3.41. The molecule has 0 aliphatic heterocycles. The van der Waals surface area contributed by atoms with Crippen LogP contribution in [0.3, 0.4) is 0 Å². The van der Waals surface area contributed by atoms with Crippen molar-refractivity contribution in [2.45, 2.75) is 0 Å². The van der Waals surface area contributed by atoms with Crippen LogP contribution in [0.1, 0.15) is 0 Å². The molecule has 0 radical (unpaired) electrons. The lowest BCUT2D eigenvalue weighted by molar-refractivity contribution is 1.46. The Kier molecular flexibility index (Phi) is 3.22. The molecule has 0 unspecified atom stereocenters. The molecule has 1 aromatic carbocycles. The predicted octanol–water partition coefficient (Wildman–Crippen LogP) is 3.21. The fourth-order valence-electron chi connectivity index (χ4n) is 0.677. The van der Waals surface area contributed by atoms with Gasteiger partial charge < -0.3 is 5.32 Å². The minimum atomic E-state index is 0.773. The second-order valence-corrected chi connectivity index (χ2v) is 3.21. The molecule has 0 aromatic heterocycles. The van der Waals surface area contributed by atoms with Crippen molar-refractivity contribution < 1.29 is 0 Å². The molecular weight excluding hydrogens is 258 g/mol. The van der Waals surface area contributed by atoms with Gasteiger partial charge in [-0.3, -0.25) is 0 Å². The second kappa shape index (κ2) is 3.98. The van der Waals surface area contributed by atoms with Crippen molar-refractivity contribution in [3.8, 4) is 0 Å². The summed E-state index contributed by atoms with van der Waals surface area (Å²) < 4.78 is 1.09. The summed E-state index contributed by atoms with van der Waals surface area (Å²) >= 11 is 6.70. The molecule has 3 heteroatoms. The Hall–Kier alpha value is -0.0200. The first kappa shape index (κ1) is 8.08. The molecule has 1 aromatic rings. The van der Waals surface area contributed by atoms with E-state index in [0.717, 1.165) is 15.6 Å². The molecule has 1 N–H and O–H groups in total. The normalized spacial score (nSPS) is 9.40. The van der Waals surface area contributed by atoms with Gasteiger partial charge in [0.05, 0.1) is 5.45 Å². The van der Waals surface area contributed by atoms with Gasteiger partial charge in [0, 0.05) is 10.2 Å². The number of rotatable bonds is 2. The van der Waals surface area contributed by atoms with Crippen LogP contribution in [0.25, 0.3) is 0 Å². The van der Waals surface area contributed by atoms with Gasteiger partial charge in [-0.05, 0) is 28.1 Å². The second-order valence-electron chi connectivity index (χ2n) is 1.79. The molecule has 10 heavy (non-hydrogen) atoms. The number of anilines is 1. The van der Waals surface area contributed by atoms with Crippen molar-refractivity contribution in [2.75, 3.05) is 10.8 Å². The van der Waals surface area contributed by atoms with Gasteiger partial charge in [0.25, 0.3) is 0 Å². The molecule has 1 nitrogen and oxygen atoms in total. The fraction of sp³-hybridized carbons (Fsp3) is 0.143. The van der Waals surface area contributed by atoms with Gasteiger partial charge >= 0.3 is 0 Å². The number of nitrogens with one attached hydrogen (secondary N) is 1. The third kappa shape index (κ3) is 1.99. The highest BCUT2D eigenvalue weighted by molar-refractivity contribution is 9.10. The topological polar surface area (TPSA) is 12.0 Å². The van der Waals surface area contributed by atoms with Crippen molar-refractivity contribution in [2.24, 2.45) is 0 Å². The van der Waals surface area contributed by atoms with Crippen LogP contribution < -0.4 is 5.32 Å². The lowest BCUT2D eigenvalue weighted by Gasteiger charge is -2.02. The Morgan fingerprint density at radius 2 is 2.00 bits per heavy atom. The smallest absolute Gasteiger partial charge is 0.0707 e. The van der Waals surface area contributed by atoms with E-state index in [0.29, 0.717) is 0 Å². The number of hydrogen-bond donors (Lipinski definition) is 1. The molecular formula is C7H7Br2N. The maximum atomic E-state index is 3.41. The molecule has 0 amide bonds. The van der Waals surface area contributed by atoms with Crippen LogP contribution in [0.2, 0.25) is 0 Å². The number of para-hydroxylation sites is 1. The summed E-state index contributed by atoms with van der Waals surface area (Å²) in [7, 11) is 0. The Morgan fingerprint density at radius 1 is 1.30 bits per heavy atom. The first-order valence-electron chi connectivity index (χ1n) is 2.89. The highest BCUT2D eigenvalue weighted by atomic mass is 79.9. The SMILES string of the molecule is BrCNc1ccccc1Br. The monoisotopic (exact) mass is 263 g/mol. The van der Waals surface area contributed by atoms with Gasteiger partial charge in [-0.2, -0.15) is 0 Å². The fourth-order valence-corrected chi connectivity index (χ4v) is 1.40. The lowest BCUT2D eigenvalue weighted by Crippen LogP contribution is -1.93. The molecule has 0 atom stereocenters. The molecule has 54 valence electrons. The largest absolute Gasteiger partial charge is 0.374 e. The number of hydrogen-bond acceptors (Lipinski definition) is 1. The van der Waals surface area contributed by atoms with E-state index in [9.17, 15) is 0 Å². The molecule has 0 bridgehead atoms. The van der Waals surface area contributed by atoms with Gasteiger partial charge in [-0.25, -0.2) is 0 Å². The van der Waals surface area contributed by atoms with Crippen LogP contribution in [0.15, 0.2) is 28.7 Å². The lowest BCUT2D eigenvalue weighted by atomic mass is 10.3. The van der Waals surface area contributed by atoms with Gasteiger partial charge in [0.1, 0.15) is 0 Å². The molecule has 1 rings (SSSR count). The van der Waals surface area contributed by atoms with Crippen LogP contribution in [0, 0.1) is 0 Å². The van der Waals surface area contributed by atoms with Crippen molar-refractivity contribution in [1.82, 2.24) is 0 Å². The molecule has 0 saturated carbocycles. The number of halogens is 2. The van der Waals surface area contributed by atoms with E-state index in [4.69, 9.17) is 0 Å². The Balaban J connectivity index is 2.81. The summed E-state index contributed by atoms with van der Waals surface area (Å²) in [6.07, 6.45) is 0. The van der Waals surface area contributed by atoms with Gasteiger partial charge in [0.2, 0.25) is 0 Å². The maximum Gasteiger partial charge on any atom is 0.0707 e. The van der Waals surface area contributed by atoms with E-state index >= 15 is 0 Å². The van der Waals surface area contributed by atoms with Gasteiger partial charge in [0.15, 0.2) is 0 Å². The van der Waals surface area contributed by atoms with Crippen molar-refractivity contribution in [3.05, 3.63) is 28.7 Å². The van der Waals surface area contributed by atoms with Crippen LogP contribution in [-0.2, 0) is 0 Å². The highest BCUT2D eigenvalue weighted by Crippen LogP contribution is 2.20. The average Bonchev–Trinajstić information content (AvgIpc) is 1.94. The summed E-state index contributed by atoms with van der Waals surface area (Å²) in [5.74, 6) is 0. The van der Waals surface area contributed by atoms with Gasteiger partial charge in [-0.1, -0.05) is 28.1 Å². The van der Waals surface area contributed by atoms with Crippen LogP contribution in [0.5, 0.6) is 0 Å². The third-order valence-corrected chi connectivity index (χ3v) is 2.10. The van der Waals surface area contributed by atoms with Crippen LogP contribution in [-0.4, -0.2) is 5.45 Å². The summed E-state index contributed by atoms with van der Waals surface area (Å²) in [4.78, 5) is 0. The molecule has 0 fully saturated rings. The summed E-state index contributed by atoms with van der Waals surface area (Å²) in [5, 5.41) is 3.15. The van der Waals surface area contributed by atoms with Crippen molar-refractivity contribution in [1.29, 1.82) is 0 Å². The van der Waals surface area contributed by atoms with E-state index < -0.39 is 0 Å². The van der Waals surface area contributed by atoms with E-state index in [1.807, 2.05) is 24.3 Å². The van der Waals surface area contributed by atoms with Crippen LogP contribution >= 0.6 is 31.9 Å². The molecule has 0 heterocycles. The zero-order chi connectivity index (χ0) is 7.40. The number of benzene rings is 1. The van der Waals surface area contributed by atoms with Crippen molar-refractivity contribution in [3.63, 3.8) is 0 Å². The average molecular weight is 265 g/mol. The van der Waals surface area contributed by atoms with E-state index in [1.165, 1.54) is 0 Å². The quantitative estimate of drug-likeness (QED) is 0.639. The third-order valence-electron chi connectivity index (χ3n) is 1.13. The van der Waals surface area contributed by atoms with E-state index in [2.05, 4.69) is 37.2 Å².